The van der Waals surface area contributed by atoms with Crippen molar-refractivity contribution < 1.29 is 18.1 Å². The molecule has 158 valence electrons. The standard InChI is InChI=1S/C21H16F3N5O2/c1-13-9-16(14(2)28(13)18-6-3-15(11-25)4-7-18)12-26-27-19-8-5-17(21(22,23)24)10-20(19)29(30)31/h3-10,12,27H,1-2H3/b26-12-. The zero-order valence-electron chi connectivity index (χ0n) is 16.4. The van der Waals surface area contributed by atoms with Crippen molar-refractivity contribution in [1.29, 1.82) is 5.26 Å². The number of benzene rings is 2. The number of nitro benzene ring substituents is 1. The van der Waals surface area contributed by atoms with Crippen LogP contribution in [0.25, 0.3) is 5.69 Å². The third-order valence-corrected chi connectivity index (χ3v) is 4.64. The number of rotatable bonds is 5. The van der Waals surface area contributed by atoms with Crippen LogP contribution >= 0.6 is 0 Å². The Morgan fingerprint density at radius 3 is 2.42 bits per heavy atom. The first kappa shape index (κ1) is 21.6. The minimum Gasteiger partial charge on any atom is -0.318 e. The van der Waals surface area contributed by atoms with Crippen LogP contribution in [0.1, 0.15) is 28.1 Å². The van der Waals surface area contributed by atoms with Crippen LogP contribution in [0.15, 0.2) is 53.6 Å². The molecule has 0 saturated heterocycles. The van der Waals surface area contributed by atoms with Gasteiger partial charge in [0, 0.05) is 28.7 Å². The van der Waals surface area contributed by atoms with Crippen LogP contribution in [0, 0.1) is 35.3 Å². The topological polar surface area (TPSA) is 96.2 Å². The number of alkyl halides is 3. The Hall–Kier alpha value is -4.13. The van der Waals surface area contributed by atoms with Gasteiger partial charge in [-0.3, -0.25) is 15.5 Å². The molecular formula is C21H16F3N5O2. The molecule has 0 fully saturated rings. The number of hydrogen-bond acceptors (Lipinski definition) is 5. The molecule has 1 aromatic heterocycles. The van der Waals surface area contributed by atoms with Crippen LogP contribution in [0.3, 0.4) is 0 Å². The van der Waals surface area contributed by atoms with Gasteiger partial charge < -0.3 is 4.57 Å². The Bertz CT molecular complexity index is 1210. The lowest BCUT2D eigenvalue weighted by Gasteiger charge is -2.09. The molecule has 1 heterocycles. The van der Waals surface area contributed by atoms with Gasteiger partial charge in [0.15, 0.2) is 0 Å². The molecule has 3 aromatic rings. The number of nitriles is 1. The minimum absolute atomic E-state index is 0.157. The van der Waals surface area contributed by atoms with Crippen molar-refractivity contribution >= 4 is 17.6 Å². The highest BCUT2D eigenvalue weighted by molar-refractivity contribution is 5.83. The van der Waals surface area contributed by atoms with Gasteiger partial charge in [-0.2, -0.15) is 23.5 Å². The highest BCUT2D eigenvalue weighted by atomic mass is 19.4. The summed E-state index contributed by atoms with van der Waals surface area (Å²) in [6.07, 6.45) is -3.25. The van der Waals surface area contributed by atoms with Gasteiger partial charge in [-0.05, 0) is 56.3 Å². The molecule has 10 heteroatoms. The van der Waals surface area contributed by atoms with Crippen LogP contribution in [-0.2, 0) is 6.18 Å². The van der Waals surface area contributed by atoms with Crippen molar-refractivity contribution in [3.63, 3.8) is 0 Å². The van der Waals surface area contributed by atoms with Gasteiger partial charge in [-0.15, -0.1) is 0 Å². The summed E-state index contributed by atoms with van der Waals surface area (Å²) >= 11 is 0. The molecule has 2 aromatic carbocycles. The molecule has 1 N–H and O–H groups in total. The lowest BCUT2D eigenvalue weighted by atomic mass is 10.1. The lowest BCUT2D eigenvalue weighted by molar-refractivity contribution is -0.384. The maximum atomic E-state index is 12.8. The molecule has 0 aliphatic carbocycles. The van der Waals surface area contributed by atoms with Crippen LogP contribution in [0.4, 0.5) is 24.5 Å². The third kappa shape index (κ3) is 4.56. The van der Waals surface area contributed by atoms with E-state index in [0.717, 1.165) is 29.2 Å². The van der Waals surface area contributed by atoms with Crippen LogP contribution in [0.5, 0.6) is 0 Å². The highest BCUT2D eigenvalue weighted by Gasteiger charge is 2.33. The van der Waals surface area contributed by atoms with E-state index in [1.54, 1.807) is 12.1 Å². The Labute approximate surface area is 175 Å². The van der Waals surface area contributed by atoms with Crippen molar-refractivity contribution in [2.75, 3.05) is 5.43 Å². The predicted molar refractivity (Wildman–Crippen MR) is 109 cm³/mol. The molecule has 0 aliphatic heterocycles. The van der Waals surface area contributed by atoms with Crippen LogP contribution < -0.4 is 5.43 Å². The first-order chi connectivity index (χ1) is 14.6. The molecule has 0 atom stereocenters. The van der Waals surface area contributed by atoms with Crippen molar-refractivity contribution in [3.05, 3.63) is 86.7 Å². The van der Waals surface area contributed by atoms with Gasteiger partial charge in [-0.25, -0.2) is 0 Å². The zero-order chi connectivity index (χ0) is 22.8. The van der Waals surface area contributed by atoms with Crippen LogP contribution in [0.2, 0.25) is 0 Å². The maximum Gasteiger partial charge on any atom is 0.416 e. The van der Waals surface area contributed by atoms with E-state index in [0.29, 0.717) is 17.2 Å². The van der Waals surface area contributed by atoms with E-state index in [1.165, 1.54) is 6.21 Å². The fourth-order valence-corrected chi connectivity index (χ4v) is 3.13. The van der Waals surface area contributed by atoms with Gasteiger partial charge >= 0.3 is 6.18 Å². The normalized spacial score (nSPS) is 11.5. The van der Waals surface area contributed by atoms with E-state index >= 15 is 0 Å². The summed E-state index contributed by atoms with van der Waals surface area (Å²) < 4.78 is 40.4. The van der Waals surface area contributed by atoms with Crippen molar-refractivity contribution in [1.82, 2.24) is 4.57 Å². The molecule has 31 heavy (non-hydrogen) atoms. The molecule has 0 unspecified atom stereocenters. The Balaban J connectivity index is 1.87. The molecule has 0 amide bonds. The van der Waals surface area contributed by atoms with Gasteiger partial charge in [-0.1, -0.05) is 0 Å². The number of aryl methyl sites for hydroxylation is 1. The summed E-state index contributed by atoms with van der Waals surface area (Å²) in [7, 11) is 0. The Morgan fingerprint density at radius 2 is 1.84 bits per heavy atom. The smallest absolute Gasteiger partial charge is 0.318 e. The summed E-state index contributed by atoms with van der Waals surface area (Å²) in [5, 5.41) is 24.1. The summed E-state index contributed by atoms with van der Waals surface area (Å²) in [6.45, 7) is 3.74. The van der Waals surface area contributed by atoms with E-state index in [1.807, 2.05) is 36.6 Å². The van der Waals surface area contributed by atoms with E-state index in [9.17, 15) is 23.3 Å². The van der Waals surface area contributed by atoms with E-state index in [4.69, 9.17) is 5.26 Å². The average Bonchev–Trinajstić information content (AvgIpc) is 3.00. The second kappa shape index (κ2) is 8.31. The number of aromatic nitrogens is 1. The molecule has 0 radical (unpaired) electrons. The Morgan fingerprint density at radius 1 is 1.16 bits per heavy atom. The average molecular weight is 427 g/mol. The summed E-state index contributed by atoms with van der Waals surface area (Å²) in [5.74, 6) is 0. The quantitative estimate of drug-likeness (QED) is 0.338. The molecule has 0 aliphatic rings. The maximum absolute atomic E-state index is 12.8. The molecule has 3 rings (SSSR count). The lowest BCUT2D eigenvalue weighted by Crippen LogP contribution is -2.06. The van der Waals surface area contributed by atoms with Crippen molar-refractivity contribution in [2.24, 2.45) is 5.10 Å². The Kier molecular flexibility index (Phi) is 5.79. The number of nitrogens with zero attached hydrogens (tertiary/aromatic N) is 4. The molecule has 0 saturated carbocycles. The van der Waals surface area contributed by atoms with Gasteiger partial charge in [0.05, 0.1) is 28.3 Å². The third-order valence-electron chi connectivity index (χ3n) is 4.64. The first-order valence-electron chi connectivity index (χ1n) is 8.96. The molecule has 7 nitrogen and oxygen atoms in total. The molecule has 0 bridgehead atoms. The van der Waals surface area contributed by atoms with E-state index in [2.05, 4.69) is 16.6 Å². The fourth-order valence-electron chi connectivity index (χ4n) is 3.13. The number of nitro groups is 1. The van der Waals surface area contributed by atoms with Crippen LogP contribution in [-0.4, -0.2) is 15.7 Å². The SMILES string of the molecule is Cc1cc(/C=N\Nc2ccc(C(F)(F)F)cc2[N+](=O)[O-])c(C)n1-c1ccc(C#N)cc1. The molecule has 0 spiro atoms. The molecular weight excluding hydrogens is 411 g/mol. The first-order valence-corrected chi connectivity index (χ1v) is 8.96. The second-order valence-corrected chi connectivity index (χ2v) is 6.68. The fraction of sp³-hybridized carbons (Fsp3) is 0.143. The van der Waals surface area contributed by atoms with Crippen molar-refractivity contribution in [2.45, 2.75) is 20.0 Å². The minimum atomic E-state index is -4.68. The number of hydrazone groups is 1. The van der Waals surface area contributed by atoms with Gasteiger partial charge in [0.25, 0.3) is 5.69 Å². The van der Waals surface area contributed by atoms with Gasteiger partial charge in [0.1, 0.15) is 5.69 Å². The largest absolute Gasteiger partial charge is 0.416 e. The van der Waals surface area contributed by atoms with Gasteiger partial charge in [0.2, 0.25) is 0 Å². The summed E-state index contributed by atoms with van der Waals surface area (Å²) in [4.78, 5) is 10.3. The van der Waals surface area contributed by atoms with Crippen molar-refractivity contribution in [3.8, 4) is 11.8 Å². The summed E-state index contributed by atoms with van der Waals surface area (Å²) in [5.41, 5.74) is 4.27. The number of halogens is 3. The number of hydrogen-bond donors (Lipinski definition) is 1. The zero-order valence-corrected chi connectivity index (χ0v) is 16.4. The predicted octanol–water partition coefficient (Wildman–Crippen LogP) is 5.34. The second-order valence-electron chi connectivity index (χ2n) is 6.68. The highest BCUT2D eigenvalue weighted by Crippen LogP contribution is 2.35. The number of nitrogens with one attached hydrogen (secondary N) is 1. The van der Waals surface area contributed by atoms with E-state index in [-0.39, 0.29) is 5.69 Å². The van der Waals surface area contributed by atoms with E-state index < -0.39 is 22.4 Å². The monoisotopic (exact) mass is 427 g/mol. The summed E-state index contributed by atoms with van der Waals surface area (Å²) in [6, 6.07) is 13.1. The number of anilines is 1.